The second kappa shape index (κ2) is 6.00. The monoisotopic (exact) mass is 227 g/mol. The summed E-state index contributed by atoms with van der Waals surface area (Å²) < 4.78 is 10.2. The van der Waals surface area contributed by atoms with Crippen LogP contribution in [-0.2, 0) is 9.47 Å². The number of methoxy groups -OCH3 is 2. The van der Waals surface area contributed by atoms with Crippen molar-refractivity contribution >= 4 is 17.4 Å². The number of anilines is 1. The number of nitrogen functional groups attached to an aromatic ring is 1. The fraction of sp³-hybridized carbons (Fsp3) is 0.455. The van der Waals surface area contributed by atoms with Crippen LogP contribution in [0.25, 0.3) is 0 Å². The van der Waals surface area contributed by atoms with Crippen LogP contribution in [0.3, 0.4) is 0 Å². The van der Waals surface area contributed by atoms with Gasteiger partial charge in [-0.2, -0.15) is 0 Å². The molecule has 0 saturated heterocycles. The minimum absolute atomic E-state index is 0.185. The van der Waals surface area contributed by atoms with Crippen molar-refractivity contribution in [1.82, 2.24) is 0 Å². The smallest absolute Gasteiger partial charge is 0.166 e. The Labute approximate surface area is 94.9 Å². The van der Waals surface area contributed by atoms with Crippen LogP contribution in [0.15, 0.2) is 23.1 Å². The quantitative estimate of drug-likeness (QED) is 0.476. The third-order valence-corrected chi connectivity index (χ3v) is 3.17. The van der Waals surface area contributed by atoms with E-state index in [1.165, 1.54) is 5.56 Å². The Morgan fingerprint density at radius 2 is 2.00 bits per heavy atom. The molecule has 15 heavy (non-hydrogen) atoms. The Kier molecular flexibility index (Phi) is 4.94. The second-order valence-electron chi connectivity index (χ2n) is 3.25. The maximum Gasteiger partial charge on any atom is 0.166 e. The standard InChI is InChI=1S/C11H17NO2S/c1-8-4-5-9(12)10(6-8)15-7-11(13-2)14-3/h4-6,11H,7,12H2,1-3H3. The van der Waals surface area contributed by atoms with Crippen molar-refractivity contribution in [2.45, 2.75) is 18.1 Å². The molecule has 0 bridgehead atoms. The first-order chi connectivity index (χ1) is 7.17. The van der Waals surface area contributed by atoms with Gasteiger partial charge in [-0.05, 0) is 24.6 Å². The minimum Gasteiger partial charge on any atom is -0.398 e. The largest absolute Gasteiger partial charge is 0.398 e. The van der Waals surface area contributed by atoms with Crippen LogP contribution < -0.4 is 5.73 Å². The molecule has 0 aromatic heterocycles. The van der Waals surface area contributed by atoms with Crippen LogP contribution in [-0.4, -0.2) is 26.3 Å². The molecule has 0 spiro atoms. The fourth-order valence-electron chi connectivity index (χ4n) is 1.16. The van der Waals surface area contributed by atoms with Crippen LogP contribution >= 0.6 is 11.8 Å². The molecule has 4 heteroatoms. The maximum atomic E-state index is 5.86. The topological polar surface area (TPSA) is 44.5 Å². The van der Waals surface area contributed by atoms with Gasteiger partial charge in [0, 0.05) is 30.6 Å². The SMILES string of the molecule is COC(CSc1cc(C)ccc1N)OC. The summed E-state index contributed by atoms with van der Waals surface area (Å²) in [6.07, 6.45) is -0.185. The number of hydrogen-bond donors (Lipinski definition) is 1. The van der Waals surface area contributed by atoms with E-state index in [1.54, 1.807) is 26.0 Å². The Bertz CT molecular complexity index is 313. The molecule has 1 aromatic carbocycles. The van der Waals surface area contributed by atoms with Gasteiger partial charge in [0.05, 0.1) is 0 Å². The Morgan fingerprint density at radius 3 is 2.60 bits per heavy atom. The molecule has 1 aromatic rings. The summed E-state index contributed by atoms with van der Waals surface area (Å²) in [6, 6.07) is 6.00. The first-order valence-electron chi connectivity index (χ1n) is 4.72. The van der Waals surface area contributed by atoms with Gasteiger partial charge in [0.2, 0.25) is 0 Å². The summed E-state index contributed by atoms with van der Waals surface area (Å²) in [6.45, 7) is 2.05. The molecule has 3 nitrogen and oxygen atoms in total. The zero-order valence-electron chi connectivity index (χ0n) is 9.32. The van der Waals surface area contributed by atoms with E-state index in [9.17, 15) is 0 Å². The van der Waals surface area contributed by atoms with E-state index < -0.39 is 0 Å². The summed E-state index contributed by atoms with van der Waals surface area (Å²) in [5.41, 5.74) is 7.87. The Morgan fingerprint density at radius 1 is 1.33 bits per heavy atom. The van der Waals surface area contributed by atoms with Crippen molar-refractivity contribution in [3.8, 4) is 0 Å². The summed E-state index contributed by atoms with van der Waals surface area (Å²) in [5, 5.41) is 0. The van der Waals surface area contributed by atoms with Crippen LogP contribution in [0, 0.1) is 6.92 Å². The normalized spacial score (nSPS) is 10.9. The highest BCUT2D eigenvalue weighted by Crippen LogP contribution is 2.26. The Balaban J connectivity index is 2.60. The maximum absolute atomic E-state index is 5.86. The number of thioether (sulfide) groups is 1. The molecule has 2 N–H and O–H groups in total. The molecular formula is C11H17NO2S. The summed E-state index contributed by atoms with van der Waals surface area (Å²) in [5.74, 6) is 0.737. The third kappa shape index (κ3) is 3.74. The van der Waals surface area contributed by atoms with Crippen LogP contribution in [0.5, 0.6) is 0 Å². The number of hydrogen-bond acceptors (Lipinski definition) is 4. The molecule has 0 heterocycles. The van der Waals surface area contributed by atoms with E-state index in [1.807, 2.05) is 19.1 Å². The van der Waals surface area contributed by atoms with Crippen LogP contribution in [0.4, 0.5) is 5.69 Å². The Hall–Kier alpha value is -0.710. The van der Waals surface area contributed by atoms with Gasteiger partial charge in [-0.1, -0.05) is 6.07 Å². The lowest BCUT2D eigenvalue weighted by Crippen LogP contribution is -2.15. The molecule has 0 atom stereocenters. The van der Waals surface area contributed by atoms with Gasteiger partial charge in [0.25, 0.3) is 0 Å². The molecule has 0 amide bonds. The van der Waals surface area contributed by atoms with Crippen molar-refractivity contribution in [3.05, 3.63) is 23.8 Å². The average Bonchev–Trinajstić information content (AvgIpc) is 2.24. The molecule has 0 aliphatic carbocycles. The highest BCUT2D eigenvalue weighted by atomic mass is 32.2. The van der Waals surface area contributed by atoms with Crippen molar-refractivity contribution in [2.75, 3.05) is 25.7 Å². The molecule has 1 rings (SSSR count). The van der Waals surface area contributed by atoms with Gasteiger partial charge in [0.15, 0.2) is 6.29 Å². The van der Waals surface area contributed by atoms with E-state index in [4.69, 9.17) is 15.2 Å². The first-order valence-corrected chi connectivity index (χ1v) is 5.70. The van der Waals surface area contributed by atoms with Crippen molar-refractivity contribution < 1.29 is 9.47 Å². The molecule has 0 fully saturated rings. The predicted molar refractivity (Wildman–Crippen MR) is 64.1 cm³/mol. The average molecular weight is 227 g/mol. The summed E-state index contributed by atoms with van der Waals surface area (Å²) in [4.78, 5) is 1.08. The van der Waals surface area contributed by atoms with Gasteiger partial charge >= 0.3 is 0 Å². The van der Waals surface area contributed by atoms with Gasteiger partial charge in [0.1, 0.15) is 0 Å². The first kappa shape index (κ1) is 12.4. The molecule has 0 aliphatic rings. The van der Waals surface area contributed by atoms with E-state index in [2.05, 4.69) is 6.07 Å². The molecule has 0 aliphatic heterocycles. The van der Waals surface area contributed by atoms with E-state index >= 15 is 0 Å². The molecule has 0 saturated carbocycles. The van der Waals surface area contributed by atoms with Gasteiger partial charge in [-0.25, -0.2) is 0 Å². The molecule has 0 unspecified atom stereocenters. The van der Waals surface area contributed by atoms with Crippen LogP contribution in [0.2, 0.25) is 0 Å². The van der Waals surface area contributed by atoms with Crippen molar-refractivity contribution in [2.24, 2.45) is 0 Å². The predicted octanol–water partition coefficient (Wildman–Crippen LogP) is 2.29. The highest BCUT2D eigenvalue weighted by molar-refractivity contribution is 7.99. The molecule has 0 radical (unpaired) electrons. The van der Waals surface area contributed by atoms with Crippen molar-refractivity contribution in [1.29, 1.82) is 0 Å². The van der Waals surface area contributed by atoms with Gasteiger partial charge < -0.3 is 15.2 Å². The van der Waals surface area contributed by atoms with Gasteiger partial charge in [-0.15, -0.1) is 11.8 Å². The number of benzene rings is 1. The van der Waals surface area contributed by atoms with Crippen molar-refractivity contribution in [3.63, 3.8) is 0 Å². The lowest BCUT2D eigenvalue weighted by Gasteiger charge is -2.13. The van der Waals surface area contributed by atoms with Crippen LogP contribution in [0.1, 0.15) is 5.56 Å². The highest BCUT2D eigenvalue weighted by Gasteiger charge is 2.07. The molecule has 84 valence electrons. The number of ether oxygens (including phenoxy) is 2. The number of nitrogens with two attached hydrogens (primary N) is 1. The molecular weight excluding hydrogens is 210 g/mol. The van der Waals surface area contributed by atoms with E-state index in [-0.39, 0.29) is 6.29 Å². The zero-order valence-corrected chi connectivity index (χ0v) is 10.1. The third-order valence-electron chi connectivity index (χ3n) is 2.07. The lowest BCUT2D eigenvalue weighted by atomic mass is 10.2. The summed E-state index contributed by atoms with van der Waals surface area (Å²) >= 11 is 1.64. The minimum atomic E-state index is -0.185. The van der Waals surface area contributed by atoms with E-state index in [0.717, 1.165) is 16.3 Å². The van der Waals surface area contributed by atoms with E-state index in [0.29, 0.717) is 0 Å². The summed E-state index contributed by atoms with van der Waals surface area (Å²) in [7, 11) is 3.27. The zero-order chi connectivity index (χ0) is 11.3. The second-order valence-corrected chi connectivity index (χ2v) is 4.32. The number of rotatable bonds is 5. The number of aryl methyl sites for hydroxylation is 1. The fourth-order valence-corrected chi connectivity index (χ4v) is 2.25. The van der Waals surface area contributed by atoms with Gasteiger partial charge in [-0.3, -0.25) is 0 Å². The lowest BCUT2D eigenvalue weighted by molar-refractivity contribution is -0.0842.